The lowest BCUT2D eigenvalue weighted by atomic mass is 9.95. The third-order valence-electron chi connectivity index (χ3n) is 4.47. The van der Waals surface area contributed by atoms with Gasteiger partial charge in [0.15, 0.2) is 5.82 Å². The Hall–Kier alpha value is -2.60. The number of hydrogen-bond acceptors (Lipinski definition) is 5. The zero-order chi connectivity index (χ0) is 16.2. The van der Waals surface area contributed by atoms with Crippen LogP contribution >= 0.6 is 0 Å². The molecule has 1 saturated heterocycles. The number of likely N-dealkylation sites (tertiary alicyclic amines) is 1. The number of aromatic amines is 1. The number of hydrogen-bond donors (Lipinski definition) is 1. The highest BCUT2D eigenvalue weighted by atomic mass is 15.1. The van der Waals surface area contributed by atoms with Crippen LogP contribution in [0.4, 0.5) is 0 Å². The Kier molecular flexibility index (Phi) is 4.29. The summed E-state index contributed by atoms with van der Waals surface area (Å²) in [5.41, 5.74) is 3.18. The molecule has 4 rings (SSSR count). The van der Waals surface area contributed by atoms with Crippen LogP contribution in [0.15, 0.2) is 49.1 Å². The number of pyridine rings is 1. The van der Waals surface area contributed by atoms with Gasteiger partial charge in [0.1, 0.15) is 5.69 Å². The van der Waals surface area contributed by atoms with Crippen molar-refractivity contribution in [2.24, 2.45) is 0 Å². The minimum Gasteiger partial charge on any atom is -0.298 e. The van der Waals surface area contributed by atoms with Crippen molar-refractivity contribution in [3.8, 4) is 11.5 Å². The predicted molar refractivity (Wildman–Crippen MR) is 91.1 cm³/mol. The second kappa shape index (κ2) is 6.88. The molecule has 3 aromatic heterocycles. The summed E-state index contributed by atoms with van der Waals surface area (Å²) in [6, 6.07) is 7.85. The Balaban J connectivity index is 1.42. The Morgan fingerprint density at radius 1 is 1.08 bits per heavy atom. The van der Waals surface area contributed by atoms with E-state index in [2.05, 4.69) is 36.1 Å². The lowest BCUT2D eigenvalue weighted by Gasteiger charge is -2.32. The third kappa shape index (κ3) is 3.33. The first-order valence-electron chi connectivity index (χ1n) is 8.32. The van der Waals surface area contributed by atoms with E-state index in [0.29, 0.717) is 11.7 Å². The molecule has 0 aromatic carbocycles. The fourth-order valence-electron chi connectivity index (χ4n) is 3.27. The summed E-state index contributed by atoms with van der Waals surface area (Å²) in [5, 5.41) is 7.18. The van der Waals surface area contributed by atoms with Gasteiger partial charge in [0.05, 0.1) is 0 Å². The summed E-state index contributed by atoms with van der Waals surface area (Å²) in [6.07, 6.45) is 9.84. The Morgan fingerprint density at radius 3 is 2.75 bits per heavy atom. The van der Waals surface area contributed by atoms with Crippen molar-refractivity contribution in [1.82, 2.24) is 30.0 Å². The molecule has 1 fully saturated rings. The topological polar surface area (TPSA) is 70.6 Å². The average molecular weight is 320 g/mol. The quantitative estimate of drug-likeness (QED) is 0.800. The number of aromatic nitrogens is 5. The van der Waals surface area contributed by atoms with Gasteiger partial charge in [0, 0.05) is 55.1 Å². The zero-order valence-electron chi connectivity index (χ0n) is 13.5. The highest BCUT2D eigenvalue weighted by molar-refractivity contribution is 5.47. The standard InChI is InChI=1S/C18H20N6/c1-2-7-19-17(5-1)18-20-10-14(11-21-18)12-24-9-3-4-15(13-24)16-6-8-22-23-16/h1-2,5-8,10-11,15H,3-4,9,12-13H2,(H,22,23)/t15-/m0/s1. The maximum absolute atomic E-state index is 4.47. The Morgan fingerprint density at radius 2 is 2.00 bits per heavy atom. The number of rotatable bonds is 4. The summed E-state index contributed by atoms with van der Waals surface area (Å²) in [5.74, 6) is 1.21. The van der Waals surface area contributed by atoms with Crippen molar-refractivity contribution in [3.63, 3.8) is 0 Å². The van der Waals surface area contributed by atoms with E-state index in [1.165, 1.54) is 18.5 Å². The van der Waals surface area contributed by atoms with Gasteiger partial charge in [0.25, 0.3) is 0 Å². The molecule has 1 N–H and O–H groups in total. The van der Waals surface area contributed by atoms with Crippen molar-refractivity contribution in [2.45, 2.75) is 25.3 Å². The van der Waals surface area contributed by atoms with Gasteiger partial charge in [-0.25, -0.2) is 9.97 Å². The second-order valence-corrected chi connectivity index (χ2v) is 6.22. The number of H-pyrrole nitrogens is 1. The van der Waals surface area contributed by atoms with Crippen LogP contribution in [0.1, 0.15) is 30.0 Å². The molecular weight excluding hydrogens is 300 g/mol. The van der Waals surface area contributed by atoms with Crippen LogP contribution in [-0.2, 0) is 6.54 Å². The van der Waals surface area contributed by atoms with Gasteiger partial charge >= 0.3 is 0 Å². The number of piperidine rings is 1. The molecule has 24 heavy (non-hydrogen) atoms. The molecular formula is C18H20N6. The first kappa shape index (κ1) is 15.0. The van der Waals surface area contributed by atoms with Crippen molar-refractivity contribution < 1.29 is 0 Å². The largest absolute Gasteiger partial charge is 0.298 e. The molecule has 1 aliphatic rings. The van der Waals surface area contributed by atoms with E-state index in [-0.39, 0.29) is 0 Å². The molecule has 0 unspecified atom stereocenters. The lowest BCUT2D eigenvalue weighted by Crippen LogP contribution is -2.34. The van der Waals surface area contributed by atoms with E-state index in [0.717, 1.165) is 30.9 Å². The first-order chi connectivity index (χ1) is 11.9. The first-order valence-corrected chi connectivity index (χ1v) is 8.32. The number of nitrogens with one attached hydrogen (secondary N) is 1. The molecule has 3 aromatic rings. The van der Waals surface area contributed by atoms with E-state index in [1.54, 1.807) is 6.20 Å². The normalized spacial score (nSPS) is 18.6. The molecule has 1 aliphatic heterocycles. The maximum atomic E-state index is 4.47. The predicted octanol–water partition coefficient (Wildman–Crippen LogP) is 2.64. The average Bonchev–Trinajstić information content (AvgIpc) is 3.18. The summed E-state index contributed by atoms with van der Waals surface area (Å²) in [6.45, 7) is 3.05. The van der Waals surface area contributed by atoms with E-state index >= 15 is 0 Å². The third-order valence-corrected chi connectivity index (χ3v) is 4.47. The van der Waals surface area contributed by atoms with Crippen LogP contribution in [0.25, 0.3) is 11.5 Å². The highest BCUT2D eigenvalue weighted by Crippen LogP contribution is 2.26. The number of nitrogens with zero attached hydrogens (tertiary/aromatic N) is 5. The molecule has 6 heteroatoms. The monoisotopic (exact) mass is 320 g/mol. The highest BCUT2D eigenvalue weighted by Gasteiger charge is 2.22. The summed E-state index contributed by atoms with van der Waals surface area (Å²) >= 11 is 0. The maximum Gasteiger partial charge on any atom is 0.178 e. The van der Waals surface area contributed by atoms with Gasteiger partial charge < -0.3 is 0 Å². The molecule has 1 atom stereocenters. The molecule has 0 bridgehead atoms. The molecule has 0 saturated carbocycles. The minimum absolute atomic E-state index is 0.537. The van der Waals surface area contributed by atoms with Crippen LogP contribution in [0.3, 0.4) is 0 Å². The summed E-state index contributed by atoms with van der Waals surface area (Å²) in [4.78, 5) is 15.7. The molecule has 4 heterocycles. The Bertz CT molecular complexity index is 754. The molecule has 0 aliphatic carbocycles. The summed E-state index contributed by atoms with van der Waals surface area (Å²) in [7, 11) is 0. The van der Waals surface area contributed by atoms with Crippen molar-refractivity contribution in [3.05, 3.63) is 60.3 Å². The van der Waals surface area contributed by atoms with E-state index < -0.39 is 0 Å². The van der Waals surface area contributed by atoms with E-state index in [9.17, 15) is 0 Å². The molecule has 0 spiro atoms. The van der Waals surface area contributed by atoms with Crippen molar-refractivity contribution in [1.29, 1.82) is 0 Å². The van der Waals surface area contributed by atoms with Gasteiger partial charge in [0.2, 0.25) is 0 Å². The van der Waals surface area contributed by atoms with Gasteiger partial charge in [-0.15, -0.1) is 0 Å². The SMILES string of the molecule is c1ccc(-c2ncc(CN3CCC[C@H](c4ccn[nH]4)C3)cn2)nc1. The van der Waals surface area contributed by atoms with Crippen molar-refractivity contribution in [2.75, 3.05) is 13.1 Å². The second-order valence-electron chi connectivity index (χ2n) is 6.22. The van der Waals surface area contributed by atoms with Crippen LogP contribution in [0.2, 0.25) is 0 Å². The van der Waals surface area contributed by atoms with E-state index in [4.69, 9.17) is 0 Å². The van der Waals surface area contributed by atoms with Gasteiger partial charge in [-0.2, -0.15) is 5.10 Å². The van der Waals surface area contributed by atoms with Crippen LogP contribution in [0, 0.1) is 0 Å². The molecule has 0 radical (unpaired) electrons. The van der Waals surface area contributed by atoms with E-state index in [1.807, 2.05) is 36.8 Å². The molecule has 122 valence electrons. The Labute approximate surface area is 141 Å². The minimum atomic E-state index is 0.537. The van der Waals surface area contributed by atoms with Crippen LogP contribution < -0.4 is 0 Å². The van der Waals surface area contributed by atoms with Crippen LogP contribution in [0.5, 0.6) is 0 Å². The van der Waals surface area contributed by atoms with Gasteiger partial charge in [-0.05, 0) is 37.6 Å². The fraction of sp³-hybridized carbons (Fsp3) is 0.333. The van der Waals surface area contributed by atoms with Crippen LogP contribution in [-0.4, -0.2) is 43.1 Å². The molecule has 6 nitrogen and oxygen atoms in total. The zero-order valence-corrected chi connectivity index (χ0v) is 13.5. The lowest BCUT2D eigenvalue weighted by molar-refractivity contribution is 0.198. The smallest absolute Gasteiger partial charge is 0.178 e. The summed E-state index contributed by atoms with van der Waals surface area (Å²) < 4.78 is 0. The van der Waals surface area contributed by atoms with Gasteiger partial charge in [-0.3, -0.25) is 15.0 Å². The van der Waals surface area contributed by atoms with Crippen molar-refractivity contribution >= 4 is 0 Å². The molecule has 0 amide bonds. The van der Waals surface area contributed by atoms with Gasteiger partial charge in [-0.1, -0.05) is 6.07 Å². The fourth-order valence-corrected chi connectivity index (χ4v) is 3.27.